The smallest absolute Gasteiger partial charge is 0.350 e. The van der Waals surface area contributed by atoms with Crippen LogP contribution < -0.4 is 15.4 Å². The first-order chi connectivity index (χ1) is 13.1. The Hall–Kier alpha value is -2.80. The van der Waals surface area contributed by atoms with Crippen LogP contribution in [0.3, 0.4) is 0 Å². The summed E-state index contributed by atoms with van der Waals surface area (Å²) in [5.41, 5.74) is -1.21. The number of rotatable bonds is 4. The number of hydrogen-bond acceptors (Lipinski definition) is 7. The number of nitrogens with zero attached hydrogens (tertiary/aromatic N) is 1. The third-order valence-electron chi connectivity index (χ3n) is 3.27. The molecule has 1 heterocycles. The highest BCUT2D eigenvalue weighted by molar-refractivity contribution is 7.80. The molecule has 2 rings (SSSR count). The molecule has 2 N–H and O–H groups in total. The van der Waals surface area contributed by atoms with E-state index in [1.807, 2.05) is 5.32 Å². The molecule has 0 radical (unpaired) electrons. The van der Waals surface area contributed by atoms with Crippen molar-refractivity contribution in [1.82, 2.24) is 10.3 Å². The van der Waals surface area contributed by atoms with Gasteiger partial charge in [0.25, 0.3) is 5.91 Å². The number of nitrogens with one attached hydrogen (secondary N) is 2. The van der Waals surface area contributed by atoms with E-state index in [4.69, 9.17) is 12.2 Å². The maximum absolute atomic E-state index is 14.0. The van der Waals surface area contributed by atoms with E-state index in [9.17, 15) is 27.2 Å². The number of benzene rings is 1. The molecule has 0 unspecified atom stereocenters. The first kappa shape index (κ1) is 21.5. The number of ether oxygens (including phenoxy) is 2. The largest absolute Gasteiger partial charge is 0.491 e. The van der Waals surface area contributed by atoms with Gasteiger partial charge >= 0.3 is 5.97 Å². The van der Waals surface area contributed by atoms with Crippen LogP contribution in [0.25, 0.3) is 0 Å². The summed E-state index contributed by atoms with van der Waals surface area (Å²) in [6.07, 6.45) is 0. The molecule has 0 saturated carbocycles. The van der Waals surface area contributed by atoms with Gasteiger partial charge in [-0.2, -0.15) is 8.78 Å². The van der Waals surface area contributed by atoms with Gasteiger partial charge in [0.2, 0.25) is 11.6 Å². The fourth-order valence-electron chi connectivity index (χ4n) is 2.02. The second-order valence-corrected chi connectivity index (χ2v) is 6.40. The quantitative estimate of drug-likeness (QED) is 0.329. The van der Waals surface area contributed by atoms with Crippen LogP contribution in [0.15, 0.2) is 0 Å². The van der Waals surface area contributed by atoms with Crippen molar-refractivity contribution in [3.63, 3.8) is 0 Å². The summed E-state index contributed by atoms with van der Waals surface area (Å²) in [4.78, 5) is 27.7. The van der Waals surface area contributed by atoms with Crippen LogP contribution in [0.4, 0.5) is 22.7 Å². The summed E-state index contributed by atoms with van der Waals surface area (Å²) in [6.45, 7) is 1.52. The zero-order chi connectivity index (χ0) is 21.2. The first-order valence-corrected chi connectivity index (χ1v) is 8.42. The van der Waals surface area contributed by atoms with Crippen LogP contribution in [0.5, 0.6) is 5.75 Å². The Bertz CT molecular complexity index is 952. The molecular weight excluding hydrogens is 426 g/mol. The van der Waals surface area contributed by atoms with E-state index in [1.165, 1.54) is 14.0 Å². The summed E-state index contributed by atoms with van der Waals surface area (Å²) in [7, 11) is 1.98. The van der Waals surface area contributed by atoms with Crippen molar-refractivity contribution in [2.45, 2.75) is 6.92 Å². The molecule has 0 aliphatic heterocycles. The standard InChI is InChI=1S/C15H11F4N3O4S2/c1-4-11(13(24)26-3)28-15(20-4)22-14(27)21-12(23)5-6(16)8(18)10(25-2)9(19)7(5)17/h1-3H3,(H2,20,21,22,23,27). The van der Waals surface area contributed by atoms with Crippen molar-refractivity contribution in [3.8, 4) is 5.75 Å². The summed E-state index contributed by atoms with van der Waals surface area (Å²) in [6, 6.07) is 0. The van der Waals surface area contributed by atoms with E-state index < -0.39 is 51.6 Å². The molecule has 0 aliphatic carbocycles. The lowest BCUT2D eigenvalue weighted by atomic mass is 10.1. The van der Waals surface area contributed by atoms with Crippen molar-refractivity contribution in [2.75, 3.05) is 19.5 Å². The molecule has 13 heteroatoms. The van der Waals surface area contributed by atoms with E-state index in [0.717, 1.165) is 18.4 Å². The predicted molar refractivity (Wildman–Crippen MR) is 94.7 cm³/mol. The van der Waals surface area contributed by atoms with Gasteiger partial charge in [0.1, 0.15) is 10.4 Å². The molecule has 0 fully saturated rings. The van der Waals surface area contributed by atoms with Crippen molar-refractivity contribution < 1.29 is 36.6 Å². The van der Waals surface area contributed by atoms with Gasteiger partial charge in [-0.15, -0.1) is 0 Å². The maximum Gasteiger partial charge on any atom is 0.350 e. The lowest BCUT2D eigenvalue weighted by molar-refractivity contribution is 0.0605. The fraction of sp³-hybridized carbons (Fsp3) is 0.200. The number of hydrogen-bond donors (Lipinski definition) is 2. The molecule has 0 atom stereocenters. The number of thiocarbonyl (C=S) groups is 1. The van der Waals surface area contributed by atoms with Crippen LogP contribution in [0, 0.1) is 30.2 Å². The molecule has 7 nitrogen and oxygen atoms in total. The van der Waals surface area contributed by atoms with Gasteiger partial charge < -0.3 is 14.8 Å². The first-order valence-electron chi connectivity index (χ1n) is 7.20. The van der Waals surface area contributed by atoms with Crippen LogP contribution >= 0.6 is 23.6 Å². The third-order valence-corrected chi connectivity index (χ3v) is 4.53. The number of methoxy groups -OCH3 is 2. The minimum Gasteiger partial charge on any atom is -0.491 e. The highest BCUT2D eigenvalue weighted by Gasteiger charge is 2.30. The lowest BCUT2D eigenvalue weighted by Crippen LogP contribution is -2.35. The molecule has 150 valence electrons. The van der Waals surface area contributed by atoms with E-state index in [2.05, 4.69) is 19.8 Å². The Morgan fingerprint density at radius 3 is 2.14 bits per heavy atom. The Morgan fingerprint density at radius 2 is 1.64 bits per heavy atom. The van der Waals surface area contributed by atoms with E-state index in [-0.39, 0.29) is 10.0 Å². The van der Waals surface area contributed by atoms with Gasteiger partial charge in [0, 0.05) is 0 Å². The fourth-order valence-corrected chi connectivity index (χ4v) is 3.16. The van der Waals surface area contributed by atoms with Crippen molar-refractivity contribution in [1.29, 1.82) is 0 Å². The maximum atomic E-state index is 14.0. The average Bonchev–Trinajstić information content (AvgIpc) is 3.00. The predicted octanol–water partition coefficient (Wildman–Crippen LogP) is 2.93. The van der Waals surface area contributed by atoms with Gasteiger partial charge in [-0.25, -0.2) is 18.6 Å². The third kappa shape index (κ3) is 4.04. The monoisotopic (exact) mass is 437 g/mol. The molecule has 2 aromatic rings. The highest BCUT2D eigenvalue weighted by atomic mass is 32.1. The van der Waals surface area contributed by atoms with Gasteiger partial charge in [0.05, 0.1) is 19.9 Å². The zero-order valence-corrected chi connectivity index (χ0v) is 16.0. The normalized spacial score (nSPS) is 10.4. The summed E-state index contributed by atoms with van der Waals surface area (Å²) < 4.78 is 64.1. The number of anilines is 1. The van der Waals surface area contributed by atoms with Gasteiger partial charge in [0.15, 0.2) is 27.6 Å². The van der Waals surface area contributed by atoms with Crippen LogP contribution in [0.1, 0.15) is 25.7 Å². The Labute approximate surface area is 164 Å². The van der Waals surface area contributed by atoms with E-state index >= 15 is 0 Å². The summed E-state index contributed by atoms with van der Waals surface area (Å²) in [5, 5.41) is 3.87. The molecule has 0 saturated heterocycles. The molecule has 0 spiro atoms. The van der Waals surface area contributed by atoms with Gasteiger partial charge in [-0.1, -0.05) is 11.3 Å². The Kier molecular flexibility index (Phi) is 6.51. The minimum absolute atomic E-state index is 0.0660. The van der Waals surface area contributed by atoms with Crippen molar-refractivity contribution in [2.24, 2.45) is 0 Å². The minimum atomic E-state index is -1.95. The zero-order valence-electron chi connectivity index (χ0n) is 14.4. The molecule has 0 aliphatic rings. The number of esters is 1. The van der Waals surface area contributed by atoms with Crippen LogP contribution in [0.2, 0.25) is 0 Å². The second-order valence-electron chi connectivity index (χ2n) is 5.00. The molecule has 0 bridgehead atoms. The Balaban J connectivity index is 2.22. The number of thiazole rings is 1. The Morgan fingerprint density at radius 1 is 1.07 bits per heavy atom. The van der Waals surface area contributed by atoms with E-state index in [1.54, 1.807) is 0 Å². The van der Waals surface area contributed by atoms with Gasteiger partial charge in [-0.3, -0.25) is 10.1 Å². The topological polar surface area (TPSA) is 89.6 Å². The van der Waals surface area contributed by atoms with E-state index in [0.29, 0.717) is 5.69 Å². The molecule has 1 amide bonds. The average molecular weight is 437 g/mol. The number of amides is 1. The molecule has 1 aromatic carbocycles. The molecule has 28 heavy (non-hydrogen) atoms. The number of aromatic nitrogens is 1. The van der Waals surface area contributed by atoms with Crippen LogP contribution in [-0.2, 0) is 4.74 Å². The highest BCUT2D eigenvalue weighted by Crippen LogP contribution is 2.29. The number of carbonyl (C=O) groups excluding carboxylic acids is 2. The molecular formula is C15H11F4N3O4S2. The van der Waals surface area contributed by atoms with Crippen molar-refractivity contribution >= 4 is 45.7 Å². The molecule has 1 aromatic heterocycles. The number of aryl methyl sites for hydroxylation is 1. The number of carbonyl (C=O) groups is 2. The summed E-state index contributed by atoms with van der Waals surface area (Å²) >= 11 is 5.65. The van der Waals surface area contributed by atoms with Crippen molar-refractivity contribution in [3.05, 3.63) is 39.4 Å². The second kappa shape index (κ2) is 8.48. The lowest BCUT2D eigenvalue weighted by Gasteiger charge is -2.12. The van der Waals surface area contributed by atoms with Gasteiger partial charge in [-0.05, 0) is 19.1 Å². The summed E-state index contributed by atoms with van der Waals surface area (Å²) in [5.74, 6) is -11.1. The SMILES string of the molecule is COC(=O)c1sc(NC(=S)NC(=O)c2c(F)c(F)c(OC)c(F)c2F)nc1C. The number of halogens is 4. The van der Waals surface area contributed by atoms with Crippen LogP contribution in [-0.4, -0.2) is 36.2 Å².